The molecule has 66 valence electrons. The van der Waals surface area contributed by atoms with Crippen molar-refractivity contribution in [3.63, 3.8) is 0 Å². The Bertz CT molecular complexity index is 480. The van der Waals surface area contributed by atoms with E-state index in [2.05, 4.69) is 4.98 Å². The summed E-state index contributed by atoms with van der Waals surface area (Å²) in [4.78, 5) is 13.9. The van der Waals surface area contributed by atoms with Crippen LogP contribution in [0.1, 0.15) is 0 Å². The second-order valence-corrected chi connectivity index (χ2v) is 3.37. The number of anilines is 1. The van der Waals surface area contributed by atoms with Crippen molar-refractivity contribution in [2.24, 2.45) is 0 Å². The van der Waals surface area contributed by atoms with Gasteiger partial charge in [0.15, 0.2) is 0 Å². The van der Waals surface area contributed by atoms with Crippen LogP contribution in [-0.4, -0.2) is 9.91 Å². The van der Waals surface area contributed by atoms with Crippen LogP contribution in [0.15, 0.2) is 17.6 Å². The van der Waals surface area contributed by atoms with Gasteiger partial charge in [-0.25, -0.2) is 4.98 Å². The molecule has 13 heavy (non-hydrogen) atoms. The molecule has 2 aromatic heterocycles. The molecular formula is C7H5N3O2S. The molecule has 0 aromatic carbocycles. The zero-order valence-electron chi connectivity index (χ0n) is 6.43. The predicted octanol–water partition coefficient (Wildman–Crippen LogP) is 1.79. The van der Waals surface area contributed by atoms with E-state index in [9.17, 15) is 10.1 Å². The first-order valence-electron chi connectivity index (χ1n) is 3.46. The number of aromatic nitrogens is 1. The molecule has 6 heteroatoms. The molecule has 0 bridgehead atoms. The van der Waals surface area contributed by atoms with Gasteiger partial charge in [-0.05, 0) is 11.4 Å². The summed E-state index contributed by atoms with van der Waals surface area (Å²) in [6, 6.07) is 1.78. The molecule has 0 unspecified atom stereocenters. The van der Waals surface area contributed by atoms with Gasteiger partial charge in [0.1, 0.15) is 11.9 Å². The molecule has 0 fully saturated rings. The first-order valence-corrected chi connectivity index (χ1v) is 4.34. The largest absolute Gasteiger partial charge is 0.392 e. The van der Waals surface area contributed by atoms with Gasteiger partial charge in [-0.15, -0.1) is 11.3 Å². The normalized spacial score (nSPS) is 10.5. The quantitative estimate of drug-likeness (QED) is 0.555. The van der Waals surface area contributed by atoms with Crippen molar-refractivity contribution in [1.29, 1.82) is 0 Å². The highest BCUT2D eigenvalue weighted by molar-refractivity contribution is 7.17. The van der Waals surface area contributed by atoms with Crippen LogP contribution in [-0.2, 0) is 0 Å². The maximum absolute atomic E-state index is 10.5. The second-order valence-electron chi connectivity index (χ2n) is 2.45. The maximum atomic E-state index is 10.5. The average Bonchev–Trinajstić information content (AvgIpc) is 2.52. The second kappa shape index (κ2) is 2.67. The summed E-state index contributed by atoms with van der Waals surface area (Å²) < 4.78 is 0.675. The van der Waals surface area contributed by atoms with E-state index in [1.807, 2.05) is 0 Å². The van der Waals surface area contributed by atoms with Gasteiger partial charge in [0.05, 0.1) is 15.1 Å². The fourth-order valence-corrected chi connectivity index (χ4v) is 1.87. The molecule has 0 radical (unpaired) electrons. The first-order chi connectivity index (χ1) is 6.20. The highest BCUT2D eigenvalue weighted by Gasteiger charge is 2.15. The Balaban J connectivity index is 2.80. The van der Waals surface area contributed by atoms with Crippen LogP contribution in [0, 0.1) is 10.1 Å². The highest BCUT2D eigenvalue weighted by atomic mass is 32.1. The fourth-order valence-electron chi connectivity index (χ4n) is 1.07. The number of fused-ring (bicyclic) bond motifs is 1. The summed E-state index contributed by atoms with van der Waals surface area (Å²) >= 11 is 1.35. The van der Waals surface area contributed by atoms with Crippen LogP contribution < -0.4 is 5.73 Å². The Morgan fingerprint density at radius 2 is 2.38 bits per heavy atom. The van der Waals surface area contributed by atoms with Crippen LogP contribution in [0.3, 0.4) is 0 Å². The lowest BCUT2D eigenvalue weighted by Crippen LogP contribution is -1.96. The third kappa shape index (κ3) is 1.11. The van der Waals surface area contributed by atoms with Crippen molar-refractivity contribution in [3.8, 4) is 0 Å². The van der Waals surface area contributed by atoms with Crippen molar-refractivity contribution in [2.75, 3.05) is 5.73 Å². The molecule has 5 nitrogen and oxygen atoms in total. The van der Waals surface area contributed by atoms with Gasteiger partial charge in [0.2, 0.25) is 0 Å². The van der Waals surface area contributed by atoms with Gasteiger partial charge in [-0.2, -0.15) is 0 Å². The Hall–Kier alpha value is -1.69. The smallest absolute Gasteiger partial charge is 0.311 e. The number of hydrogen-bond acceptors (Lipinski definition) is 5. The van der Waals surface area contributed by atoms with Gasteiger partial charge in [0, 0.05) is 0 Å². The van der Waals surface area contributed by atoms with E-state index >= 15 is 0 Å². The molecule has 0 saturated carbocycles. The SMILES string of the molecule is Nc1c([N+](=O)[O-])cnc2ccsc12. The predicted molar refractivity (Wildman–Crippen MR) is 50.7 cm³/mol. The summed E-state index contributed by atoms with van der Waals surface area (Å²) in [5, 5.41) is 12.3. The van der Waals surface area contributed by atoms with Crippen molar-refractivity contribution in [3.05, 3.63) is 27.8 Å². The van der Waals surface area contributed by atoms with E-state index in [1.165, 1.54) is 17.5 Å². The van der Waals surface area contributed by atoms with E-state index in [1.54, 1.807) is 11.4 Å². The number of rotatable bonds is 1. The van der Waals surface area contributed by atoms with Crippen LogP contribution in [0.5, 0.6) is 0 Å². The van der Waals surface area contributed by atoms with E-state index in [0.29, 0.717) is 10.2 Å². The maximum Gasteiger partial charge on any atom is 0.311 e. The summed E-state index contributed by atoms with van der Waals surface area (Å²) in [6.07, 6.45) is 1.18. The van der Waals surface area contributed by atoms with E-state index in [-0.39, 0.29) is 11.4 Å². The molecule has 0 spiro atoms. The number of nitrogen functional groups attached to an aromatic ring is 1. The van der Waals surface area contributed by atoms with Crippen molar-refractivity contribution >= 4 is 32.9 Å². The van der Waals surface area contributed by atoms with Crippen LogP contribution >= 0.6 is 11.3 Å². The lowest BCUT2D eigenvalue weighted by Gasteiger charge is -1.96. The minimum absolute atomic E-state index is 0.130. The first kappa shape index (κ1) is 7.93. The topological polar surface area (TPSA) is 82.0 Å². The monoisotopic (exact) mass is 195 g/mol. The standard InChI is InChI=1S/C7H5N3O2S/c8-6-5(10(11)12)3-9-4-1-2-13-7(4)6/h1-3H,(H2,8,9). The molecule has 0 amide bonds. The third-order valence-corrected chi connectivity index (χ3v) is 2.62. The van der Waals surface area contributed by atoms with Crippen molar-refractivity contribution in [2.45, 2.75) is 0 Å². The summed E-state index contributed by atoms with van der Waals surface area (Å²) in [5.74, 6) is 0. The molecular weight excluding hydrogens is 190 g/mol. The molecule has 2 heterocycles. The number of nitrogens with two attached hydrogens (primary N) is 1. The van der Waals surface area contributed by atoms with E-state index in [0.717, 1.165) is 0 Å². The lowest BCUT2D eigenvalue weighted by atomic mass is 10.3. The van der Waals surface area contributed by atoms with E-state index in [4.69, 9.17) is 5.73 Å². The zero-order valence-corrected chi connectivity index (χ0v) is 7.25. The van der Waals surface area contributed by atoms with Gasteiger partial charge >= 0.3 is 5.69 Å². The number of nitro groups is 1. The lowest BCUT2D eigenvalue weighted by molar-refractivity contribution is -0.384. The van der Waals surface area contributed by atoms with Gasteiger partial charge in [-0.1, -0.05) is 0 Å². The minimum atomic E-state index is -0.526. The molecule has 2 rings (SSSR count). The summed E-state index contributed by atoms with van der Waals surface area (Å²) in [5.41, 5.74) is 6.36. The third-order valence-electron chi connectivity index (χ3n) is 1.69. The van der Waals surface area contributed by atoms with Crippen molar-refractivity contribution < 1.29 is 4.92 Å². The molecule has 0 aliphatic heterocycles. The molecule has 2 N–H and O–H groups in total. The number of thiophene rings is 1. The Morgan fingerprint density at radius 1 is 1.62 bits per heavy atom. The highest BCUT2D eigenvalue weighted by Crippen LogP contribution is 2.31. The molecule has 2 aromatic rings. The minimum Gasteiger partial charge on any atom is -0.392 e. The number of pyridine rings is 1. The molecule has 0 aliphatic carbocycles. The number of nitrogens with zero attached hydrogens (tertiary/aromatic N) is 2. The average molecular weight is 195 g/mol. The van der Waals surface area contributed by atoms with Gasteiger partial charge < -0.3 is 5.73 Å². The van der Waals surface area contributed by atoms with Crippen LogP contribution in [0.2, 0.25) is 0 Å². The molecule has 0 saturated heterocycles. The number of hydrogen-bond donors (Lipinski definition) is 1. The van der Waals surface area contributed by atoms with Crippen molar-refractivity contribution in [1.82, 2.24) is 4.98 Å². The van der Waals surface area contributed by atoms with Crippen LogP contribution in [0.4, 0.5) is 11.4 Å². The Kier molecular flexibility index (Phi) is 1.63. The zero-order chi connectivity index (χ0) is 9.42. The molecule has 0 aliphatic rings. The van der Waals surface area contributed by atoms with Gasteiger partial charge in [-0.3, -0.25) is 10.1 Å². The van der Waals surface area contributed by atoms with Gasteiger partial charge in [0.25, 0.3) is 0 Å². The Labute approximate surface area is 77.0 Å². The Morgan fingerprint density at radius 3 is 3.08 bits per heavy atom. The summed E-state index contributed by atoms with van der Waals surface area (Å²) in [6.45, 7) is 0. The summed E-state index contributed by atoms with van der Waals surface area (Å²) in [7, 11) is 0. The van der Waals surface area contributed by atoms with Crippen LogP contribution in [0.25, 0.3) is 10.2 Å². The molecule has 0 atom stereocenters. The van der Waals surface area contributed by atoms with E-state index < -0.39 is 4.92 Å². The fraction of sp³-hybridized carbons (Fsp3) is 0.